The van der Waals surface area contributed by atoms with Crippen LogP contribution in [0.15, 0.2) is 6.20 Å². The number of carbonyl (C=O) groups is 1. The van der Waals surface area contributed by atoms with Crippen LogP contribution in [0.3, 0.4) is 0 Å². The molecule has 2 saturated heterocycles. The number of fused-ring (bicyclic) bond motifs is 2. The molecule has 26 heavy (non-hydrogen) atoms. The topological polar surface area (TPSA) is 66.3 Å². The first-order valence-electron chi connectivity index (χ1n) is 10.4. The zero-order valence-corrected chi connectivity index (χ0v) is 15.5. The number of hydrogen-bond acceptors (Lipinski definition) is 5. The van der Waals surface area contributed by atoms with Crippen molar-refractivity contribution in [2.45, 2.75) is 32.2 Å². The summed E-state index contributed by atoms with van der Waals surface area (Å²) in [6.45, 7) is 7.93. The first kappa shape index (κ1) is 16.7. The van der Waals surface area contributed by atoms with Crippen LogP contribution in [0, 0.1) is 23.7 Å². The van der Waals surface area contributed by atoms with E-state index in [1.165, 1.54) is 25.7 Å². The first-order chi connectivity index (χ1) is 12.8. The van der Waals surface area contributed by atoms with E-state index >= 15 is 0 Å². The maximum Gasteiger partial charge on any atom is 0.276 e. The second kappa shape index (κ2) is 6.93. The molecule has 3 saturated carbocycles. The number of carbonyl (C=O) groups excluding carboxylic acids is 1. The summed E-state index contributed by atoms with van der Waals surface area (Å²) in [5.74, 6) is 3.30. The number of rotatable bonds is 4. The highest BCUT2D eigenvalue weighted by molar-refractivity contribution is 5.92. The third-order valence-electron chi connectivity index (χ3n) is 7.34. The van der Waals surface area contributed by atoms with Crippen molar-refractivity contribution in [2.24, 2.45) is 23.7 Å². The highest BCUT2D eigenvalue weighted by Gasteiger charge is 2.49. The number of aromatic nitrogens is 3. The fraction of sp³-hybridized carbons (Fsp3) is 0.842. The molecule has 5 aliphatic rings. The smallest absolute Gasteiger partial charge is 0.276 e. The van der Waals surface area contributed by atoms with Crippen molar-refractivity contribution < 1.29 is 4.79 Å². The molecule has 7 heteroatoms. The molecule has 2 bridgehead atoms. The lowest BCUT2D eigenvalue weighted by atomic mass is 9.60. The van der Waals surface area contributed by atoms with E-state index < -0.39 is 0 Å². The van der Waals surface area contributed by atoms with Crippen molar-refractivity contribution in [1.82, 2.24) is 30.1 Å². The number of piperazine rings is 1. The van der Waals surface area contributed by atoms with Crippen LogP contribution in [0.1, 0.15) is 36.2 Å². The predicted molar refractivity (Wildman–Crippen MR) is 97.7 cm³/mol. The van der Waals surface area contributed by atoms with Crippen molar-refractivity contribution in [3.63, 3.8) is 0 Å². The Kier molecular flexibility index (Phi) is 4.44. The molecule has 2 aliphatic heterocycles. The molecule has 1 amide bonds. The Hall–Kier alpha value is -1.47. The van der Waals surface area contributed by atoms with Gasteiger partial charge in [0.1, 0.15) is 0 Å². The van der Waals surface area contributed by atoms with E-state index in [4.69, 9.17) is 0 Å². The van der Waals surface area contributed by atoms with Crippen LogP contribution >= 0.6 is 0 Å². The SMILES string of the molecule is O=C(c1cn(CCN2CCNCC2)nn1)N1C[C@@H]2C3CCC(CC3)[C@@H]2C1. The summed E-state index contributed by atoms with van der Waals surface area (Å²) < 4.78 is 1.84. The van der Waals surface area contributed by atoms with E-state index in [2.05, 4.69) is 25.4 Å². The summed E-state index contributed by atoms with van der Waals surface area (Å²) in [4.78, 5) is 17.4. The zero-order chi connectivity index (χ0) is 17.5. The molecule has 0 radical (unpaired) electrons. The molecule has 6 rings (SSSR count). The molecule has 3 heterocycles. The van der Waals surface area contributed by atoms with Gasteiger partial charge in [-0.05, 0) is 49.4 Å². The average Bonchev–Trinajstić information content (AvgIpc) is 3.36. The molecule has 0 unspecified atom stereocenters. The van der Waals surface area contributed by atoms with Gasteiger partial charge < -0.3 is 10.2 Å². The third kappa shape index (κ3) is 3.05. The van der Waals surface area contributed by atoms with E-state index in [9.17, 15) is 4.79 Å². The van der Waals surface area contributed by atoms with Gasteiger partial charge in [0.15, 0.2) is 5.69 Å². The first-order valence-corrected chi connectivity index (χ1v) is 10.4. The fourth-order valence-electron chi connectivity index (χ4n) is 5.87. The van der Waals surface area contributed by atoms with Gasteiger partial charge in [-0.2, -0.15) is 0 Å². The Morgan fingerprint density at radius 3 is 2.35 bits per heavy atom. The van der Waals surface area contributed by atoms with Gasteiger partial charge in [-0.1, -0.05) is 5.21 Å². The van der Waals surface area contributed by atoms with Crippen LogP contribution in [0.2, 0.25) is 0 Å². The Morgan fingerprint density at radius 1 is 1.04 bits per heavy atom. The van der Waals surface area contributed by atoms with Gasteiger partial charge in [0.2, 0.25) is 0 Å². The Bertz CT molecular complexity index is 626. The van der Waals surface area contributed by atoms with Crippen LogP contribution in [-0.2, 0) is 6.54 Å². The molecule has 7 nitrogen and oxygen atoms in total. The summed E-state index contributed by atoms with van der Waals surface area (Å²) in [6.07, 6.45) is 7.39. The molecule has 1 aromatic heterocycles. The molecule has 3 aliphatic carbocycles. The highest BCUT2D eigenvalue weighted by atomic mass is 16.2. The number of nitrogens with zero attached hydrogens (tertiary/aromatic N) is 5. The molecular weight excluding hydrogens is 328 g/mol. The van der Waals surface area contributed by atoms with Gasteiger partial charge in [-0.3, -0.25) is 14.4 Å². The summed E-state index contributed by atoms with van der Waals surface area (Å²) in [5, 5.41) is 11.8. The second-order valence-corrected chi connectivity index (χ2v) is 8.67. The standard InChI is InChI=1S/C19H30N6O/c26-19(24-11-16-14-1-2-15(4-3-14)17(16)12-24)18-13-25(22-21-18)10-9-23-7-5-20-6-8-23/h13-17,20H,1-12H2/t14?,15?,16-,17+. The molecule has 142 valence electrons. The molecular formula is C19H30N6O. The van der Waals surface area contributed by atoms with Gasteiger partial charge in [0, 0.05) is 45.8 Å². The monoisotopic (exact) mass is 358 g/mol. The lowest BCUT2D eigenvalue weighted by molar-refractivity contribution is 0.0577. The molecule has 0 spiro atoms. The Balaban J connectivity index is 1.19. The number of amides is 1. The van der Waals surface area contributed by atoms with Gasteiger partial charge in [0.05, 0.1) is 12.7 Å². The van der Waals surface area contributed by atoms with Gasteiger partial charge in [-0.25, -0.2) is 0 Å². The lowest BCUT2D eigenvalue weighted by Gasteiger charge is -2.44. The van der Waals surface area contributed by atoms with Crippen molar-refractivity contribution in [1.29, 1.82) is 0 Å². The van der Waals surface area contributed by atoms with E-state index in [0.717, 1.165) is 76.0 Å². The van der Waals surface area contributed by atoms with Crippen molar-refractivity contribution in [2.75, 3.05) is 45.8 Å². The highest BCUT2D eigenvalue weighted by Crippen LogP contribution is 2.51. The van der Waals surface area contributed by atoms with Crippen LogP contribution < -0.4 is 5.32 Å². The summed E-state index contributed by atoms with van der Waals surface area (Å²) in [7, 11) is 0. The lowest BCUT2D eigenvalue weighted by Crippen LogP contribution is -2.44. The minimum atomic E-state index is 0.0900. The Morgan fingerprint density at radius 2 is 1.69 bits per heavy atom. The van der Waals surface area contributed by atoms with Crippen LogP contribution in [0.5, 0.6) is 0 Å². The number of hydrogen-bond donors (Lipinski definition) is 1. The van der Waals surface area contributed by atoms with Crippen LogP contribution in [-0.4, -0.2) is 76.5 Å². The summed E-state index contributed by atoms with van der Waals surface area (Å²) in [6, 6.07) is 0. The maximum atomic E-state index is 12.9. The quantitative estimate of drug-likeness (QED) is 0.858. The molecule has 2 atom stereocenters. The third-order valence-corrected chi connectivity index (χ3v) is 7.34. The maximum absolute atomic E-state index is 12.9. The summed E-state index contributed by atoms with van der Waals surface area (Å²) >= 11 is 0. The van der Waals surface area contributed by atoms with Gasteiger partial charge in [-0.15, -0.1) is 5.10 Å². The zero-order valence-electron chi connectivity index (χ0n) is 15.5. The molecule has 0 aromatic carbocycles. The number of nitrogens with one attached hydrogen (secondary N) is 1. The number of likely N-dealkylation sites (tertiary alicyclic amines) is 1. The minimum absolute atomic E-state index is 0.0900. The fourth-order valence-corrected chi connectivity index (χ4v) is 5.87. The normalized spacial score (nSPS) is 34.2. The largest absolute Gasteiger partial charge is 0.337 e. The summed E-state index contributed by atoms with van der Waals surface area (Å²) in [5.41, 5.74) is 0.524. The molecule has 1 aromatic rings. The molecule has 1 N–H and O–H groups in total. The van der Waals surface area contributed by atoms with Crippen molar-refractivity contribution in [3.05, 3.63) is 11.9 Å². The second-order valence-electron chi connectivity index (χ2n) is 8.67. The predicted octanol–water partition coefficient (Wildman–Crippen LogP) is 0.692. The van der Waals surface area contributed by atoms with Crippen LogP contribution in [0.4, 0.5) is 0 Å². The van der Waals surface area contributed by atoms with Gasteiger partial charge >= 0.3 is 0 Å². The van der Waals surface area contributed by atoms with Crippen molar-refractivity contribution in [3.8, 4) is 0 Å². The van der Waals surface area contributed by atoms with Gasteiger partial charge in [0.25, 0.3) is 5.91 Å². The van der Waals surface area contributed by atoms with Crippen LogP contribution in [0.25, 0.3) is 0 Å². The van der Waals surface area contributed by atoms with E-state index in [1.54, 1.807) is 0 Å². The Labute approximate surface area is 155 Å². The van der Waals surface area contributed by atoms with E-state index in [0.29, 0.717) is 5.69 Å². The van der Waals surface area contributed by atoms with E-state index in [-0.39, 0.29) is 5.91 Å². The average molecular weight is 358 g/mol. The minimum Gasteiger partial charge on any atom is -0.337 e. The van der Waals surface area contributed by atoms with E-state index in [1.807, 2.05) is 10.9 Å². The molecule has 5 fully saturated rings. The van der Waals surface area contributed by atoms with Crippen molar-refractivity contribution >= 4 is 5.91 Å².